The van der Waals surface area contributed by atoms with Crippen molar-refractivity contribution in [2.75, 3.05) is 44.7 Å². The number of aromatic nitrogens is 2. The number of rotatable bonds is 20. The van der Waals surface area contributed by atoms with Crippen molar-refractivity contribution >= 4 is 52.3 Å². The molecule has 0 unspecified atom stereocenters. The second-order valence-corrected chi connectivity index (χ2v) is 11.8. The summed E-state index contributed by atoms with van der Waals surface area (Å²) in [6.45, 7) is 5.65. The van der Waals surface area contributed by atoms with Crippen molar-refractivity contribution in [1.82, 2.24) is 30.8 Å². The Morgan fingerprint density at radius 2 is 1.70 bits per heavy atom. The molecule has 2 aromatic carbocycles. The van der Waals surface area contributed by atoms with Gasteiger partial charge in [0.15, 0.2) is 28.4 Å². The minimum absolute atomic E-state index is 0.0459. The quantitative estimate of drug-likeness (QED) is 0.0348. The van der Waals surface area contributed by atoms with Gasteiger partial charge in [-0.3, -0.25) is 25.2 Å². The van der Waals surface area contributed by atoms with Gasteiger partial charge in [0.1, 0.15) is 0 Å². The van der Waals surface area contributed by atoms with E-state index in [1.165, 1.54) is 47.6 Å². The van der Waals surface area contributed by atoms with Crippen LogP contribution in [0, 0.1) is 0 Å². The number of benzene rings is 2. The van der Waals surface area contributed by atoms with Crippen molar-refractivity contribution in [3.63, 3.8) is 0 Å². The van der Waals surface area contributed by atoms with E-state index in [0.29, 0.717) is 13.0 Å². The molecule has 250 valence electrons. The zero-order chi connectivity index (χ0) is 33.3. The van der Waals surface area contributed by atoms with Crippen LogP contribution < -0.4 is 33.2 Å². The number of hydrogen-bond donors (Lipinski definition) is 6. The first kappa shape index (κ1) is 36.5. The number of carbonyl (C=O) groups is 2. The summed E-state index contributed by atoms with van der Waals surface area (Å²) in [7, 11) is 2.18. The number of amides is 2. The number of hydrogen-bond acceptors (Lipinski definition) is 9. The maximum Gasteiger partial charge on any atom is 0.280 e. The summed E-state index contributed by atoms with van der Waals surface area (Å²) in [6.07, 6.45) is 9.92. The normalized spacial score (nSPS) is 12.4. The number of fused-ring (bicyclic) bond motifs is 1. The zero-order valence-electron chi connectivity index (χ0n) is 27.0. The van der Waals surface area contributed by atoms with Gasteiger partial charge in [-0.2, -0.15) is 0 Å². The average Bonchev–Trinajstić information content (AvgIpc) is 3.03. The Balaban J connectivity index is 1.50. The second kappa shape index (κ2) is 19.5. The van der Waals surface area contributed by atoms with E-state index in [-0.39, 0.29) is 34.6 Å². The number of aryl methyl sites for hydroxylation is 1. The molecule has 46 heavy (non-hydrogen) atoms. The van der Waals surface area contributed by atoms with E-state index in [9.17, 15) is 9.59 Å². The minimum atomic E-state index is -0.665. The molecule has 1 atom stereocenters. The van der Waals surface area contributed by atoms with Crippen LogP contribution in [0.15, 0.2) is 41.4 Å². The molecule has 0 saturated carbocycles. The number of anilines is 2. The Morgan fingerprint density at radius 3 is 2.43 bits per heavy atom. The average molecular weight is 653 g/mol. The number of nitrogens with two attached hydrogens (primary N) is 3. The maximum atomic E-state index is 12.4. The number of nitrogen functional groups attached to an aromatic ring is 2. The first-order valence-electron chi connectivity index (χ1n) is 16.0. The molecule has 3 rings (SSSR count). The molecule has 12 nitrogen and oxygen atoms in total. The molecule has 0 saturated heterocycles. The molecule has 1 heterocycles. The number of nitrogens with one attached hydrogen (secondary N) is 3. The fourth-order valence-corrected chi connectivity index (χ4v) is 5.43. The highest BCUT2D eigenvalue weighted by atomic mass is 35.5. The molecule has 13 heteroatoms. The predicted octanol–water partition coefficient (Wildman–Crippen LogP) is 3.62. The fourth-order valence-electron chi connectivity index (χ4n) is 5.31. The lowest BCUT2D eigenvalue weighted by Gasteiger charge is -2.21. The van der Waals surface area contributed by atoms with Crippen LogP contribution in [0.1, 0.15) is 73.5 Å². The molecule has 0 fully saturated rings. The number of aliphatic imine (C=N–C) groups is 1. The number of nitrogens with zero attached hydrogens (tertiary/aromatic N) is 4. The number of carbonyl (C=O) groups excluding carboxylic acids is 2. The topological polar surface area (TPSA) is 190 Å². The van der Waals surface area contributed by atoms with E-state index >= 15 is 0 Å². The maximum absolute atomic E-state index is 12.4. The Hall–Kier alpha value is -4.00. The van der Waals surface area contributed by atoms with Crippen molar-refractivity contribution in [2.24, 2.45) is 10.7 Å². The standard InChI is InChI=1S/C33H49ClN10O2/c1-3-4-5-10-19-44(2)20-11-18-38-27(40-22-45)21-24-16-15-23(25-13-6-7-14-26(24)25)12-8-9-17-39-33(37)43-32(46)28-30(35)42-31(36)29(34)41-28/h6-7,13-16,22,27,38H,3-5,8-12,17-21H2,1-2H3,(H,40,45)(H4,35,36,42)(H3,37,39,43,46)/t27-/m1/s1. The molecular formula is C33H49ClN10O2. The highest BCUT2D eigenvalue weighted by molar-refractivity contribution is 6.31. The zero-order valence-corrected chi connectivity index (χ0v) is 27.8. The van der Waals surface area contributed by atoms with Crippen molar-refractivity contribution in [2.45, 2.75) is 70.9 Å². The molecule has 2 amide bonds. The van der Waals surface area contributed by atoms with Crippen LogP contribution in [0.3, 0.4) is 0 Å². The van der Waals surface area contributed by atoms with Gasteiger partial charge in [0.05, 0.1) is 6.17 Å². The highest BCUT2D eigenvalue weighted by Crippen LogP contribution is 2.25. The van der Waals surface area contributed by atoms with Crippen LogP contribution in [-0.4, -0.2) is 72.5 Å². The lowest BCUT2D eigenvalue weighted by Crippen LogP contribution is -2.44. The van der Waals surface area contributed by atoms with Crippen molar-refractivity contribution in [3.05, 3.63) is 58.4 Å². The fraction of sp³-hybridized carbons (Fsp3) is 0.485. The number of unbranched alkanes of at least 4 members (excludes halogenated alkanes) is 4. The van der Waals surface area contributed by atoms with Gasteiger partial charge < -0.3 is 27.4 Å². The van der Waals surface area contributed by atoms with Crippen LogP contribution in [0.25, 0.3) is 10.8 Å². The number of halogens is 1. The summed E-state index contributed by atoms with van der Waals surface area (Å²) in [6, 6.07) is 12.7. The van der Waals surface area contributed by atoms with Gasteiger partial charge >= 0.3 is 0 Å². The smallest absolute Gasteiger partial charge is 0.280 e. The van der Waals surface area contributed by atoms with Gasteiger partial charge in [0, 0.05) is 13.0 Å². The highest BCUT2D eigenvalue weighted by Gasteiger charge is 2.17. The van der Waals surface area contributed by atoms with E-state index in [1.807, 2.05) is 12.1 Å². The lowest BCUT2D eigenvalue weighted by molar-refractivity contribution is -0.110. The molecule has 0 aliphatic heterocycles. The molecule has 0 aliphatic rings. The van der Waals surface area contributed by atoms with E-state index in [0.717, 1.165) is 51.7 Å². The molecular weight excluding hydrogens is 604 g/mol. The van der Waals surface area contributed by atoms with E-state index in [1.54, 1.807) is 0 Å². The Kier molecular flexibility index (Phi) is 15.5. The van der Waals surface area contributed by atoms with Gasteiger partial charge in [0.2, 0.25) is 6.41 Å². The lowest BCUT2D eigenvalue weighted by atomic mass is 9.94. The minimum Gasteiger partial charge on any atom is -0.382 e. The molecule has 0 aliphatic carbocycles. The monoisotopic (exact) mass is 652 g/mol. The van der Waals surface area contributed by atoms with Crippen LogP contribution in [0.5, 0.6) is 0 Å². The molecule has 0 bridgehead atoms. The first-order valence-corrected chi connectivity index (χ1v) is 16.4. The van der Waals surface area contributed by atoms with Crippen LogP contribution in [0.2, 0.25) is 5.15 Å². The van der Waals surface area contributed by atoms with Gasteiger partial charge in [-0.05, 0) is 80.7 Å². The van der Waals surface area contributed by atoms with Gasteiger partial charge in [0.25, 0.3) is 5.91 Å². The third-order valence-electron chi connectivity index (χ3n) is 7.80. The first-order chi connectivity index (χ1) is 22.2. The summed E-state index contributed by atoms with van der Waals surface area (Å²) in [4.78, 5) is 38.1. The molecule has 0 spiro atoms. The molecule has 9 N–H and O–H groups in total. The third kappa shape index (κ3) is 11.7. The van der Waals surface area contributed by atoms with Gasteiger partial charge in [-0.1, -0.05) is 74.2 Å². The summed E-state index contributed by atoms with van der Waals surface area (Å²) in [5, 5.41) is 11.2. The van der Waals surface area contributed by atoms with E-state index < -0.39 is 5.91 Å². The third-order valence-corrected chi connectivity index (χ3v) is 8.07. The second-order valence-electron chi connectivity index (χ2n) is 11.5. The predicted molar refractivity (Wildman–Crippen MR) is 188 cm³/mol. The van der Waals surface area contributed by atoms with E-state index in [2.05, 4.69) is 74.0 Å². The van der Waals surface area contributed by atoms with E-state index in [4.69, 9.17) is 28.8 Å². The van der Waals surface area contributed by atoms with Gasteiger partial charge in [-0.15, -0.1) is 0 Å². The summed E-state index contributed by atoms with van der Waals surface area (Å²) >= 11 is 5.85. The van der Waals surface area contributed by atoms with Crippen LogP contribution >= 0.6 is 11.6 Å². The molecule has 0 radical (unpaired) electrons. The summed E-state index contributed by atoms with van der Waals surface area (Å²) in [5.74, 6) is -0.922. The largest absolute Gasteiger partial charge is 0.382 e. The Bertz CT molecular complexity index is 1450. The van der Waals surface area contributed by atoms with Crippen molar-refractivity contribution < 1.29 is 9.59 Å². The number of guanidine groups is 1. The van der Waals surface area contributed by atoms with Crippen LogP contribution in [-0.2, 0) is 17.6 Å². The summed E-state index contributed by atoms with van der Waals surface area (Å²) < 4.78 is 0. The van der Waals surface area contributed by atoms with Gasteiger partial charge in [-0.25, -0.2) is 9.97 Å². The molecule has 1 aromatic heterocycles. The summed E-state index contributed by atoms with van der Waals surface area (Å²) in [5.41, 5.74) is 19.4. The van der Waals surface area contributed by atoms with Crippen molar-refractivity contribution in [1.29, 1.82) is 0 Å². The Morgan fingerprint density at radius 1 is 0.978 bits per heavy atom. The Labute approximate surface area is 276 Å². The van der Waals surface area contributed by atoms with Crippen molar-refractivity contribution in [3.8, 4) is 0 Å². The molecule has 3 aromatic rings. The SMILES string of the molecule is CCCCCCN(C)CCCN[C@@H](Cc1ccc(CCCCN=C(N)NC(=O)c2nc(Cl)c(N)nc2N)c2ccccc12)NC=O. The van der Waals surface area contributed by atoms with Crippen LogP contribution in [0.4, 0.5) is 11.6 Å².